The van der Waals surface area contributed by atoms with Crippen molar-refractivity contribution < 1.29 is 4.79 Å². The second-order valence-electron chi connectivity index (χ2n) is 4.50. The van der Waals surface area contributed by atoms with E-state index in [-0.39, 0.29) is 5.91 Å². The van der Waals surface area contributed by atoms with Gasteiger partial charge in [0.1, 0.15) is 11.5 Å². The van der Waals surface area contributed by atoms with Gasteiger partial charge in [-0.1, -0.05) is 18.5 Å². The van der Waals surface area contributed by atoms with Crippen molar-refractivity contribution >= 4 is 23.3 Å². The molecule has 0 saturated heterocycles. The molecule has 0 unspecified atom stereocenters. The first-order chi connectivity index (χ1) is 8.93. The van der Waals surface area contributed by atoms with Crippen LogP contribution in [0.4, 0.5) is 5.82 Å². The Morgan fingerprint density at radius 3 is 2.68 bits per heavy atom. The maximum absolute atomic E-state index is 12.2. The summed E-state index contributed by atoms with van der Waals surface area (Å²) < 4.78 is 3.39. The van der Waals surface area contributed by atoms with E-state index in [1.807, 2.05) is 20.9 Å². The third kappa shape index (κ3) is 2.51. The fraction of sp³-hybridized carbons (Fsp3) is 0.385. The molecule has 0 radical (unpaired) electrons. The molecule has 0 bridgehead atoms. The lowest BCUT2D eigenvalue weighted by molar-refractivity contribution is 0.101. The molecule has 2 heterocycles. The minimum Gasteiger partial charge on any atom is -0.345 e. The molecule has 6 heteroatoms. The van der Waals surface area contributed by atoms with Crippen LogP contribution in [-0.2, 0) is 20.5 Å². The second-order valence-corrected chi connectivity index (χ2v) is 4.93. The number of rotatable bonds is 3. The molecule has 0 aliphatic heterocycles. The van der Waals surface area contributed by atoms with Gasteiger partial charge in [0, 0.05) is 25.9 Å². The maximum atomic E-state index is 12.2. The van der Waals surface area contributed by atoms with Crippen molar-refractivity contribution in [3.8, 4) is 0 Å². The Morgan fingerprint density at radius 2 is 2.16 bits per heavy atom. The number of halogens is 1. The van der Waals surface area contributed by atoms with E-state index in [9.17, 15) is 4.79 Å². The molecular formula is C13H17ClN4O. The van der Waals surface area contributed by atoms with Crippen LogP contribution in [0.5, 0.6) is 0 Å². The third-order valence-electron chi connectivity index (χ3n) is 3.14. The summed E-state index contributed by atoms with van der Waals surface area (Å²) in [6.45, 7) is 3.98. The normalized spacial score (nSPS) is 10.8. The van der Waals surface area contributed by atoms with Crippen LogP contribution in [0.15, 0.2) is 12.3 Å². The van der Waals surface area contributed by atoms with Crippen molar-refractivity contribution in [2.45, 2.75) is 20.3 Å². The van der Waals surface area contributed by atoms with Gasteiger partial charge in [-0.15, -0.1) is 0 Å². The van der Waals surface area contributed by atoms with Gasteiger partial charge >= 0.3 is 0 Å². The quantitative estimate of drug-likeness (QED) is 0.939. The Labute approximate surface area is 117 Å². The summed E-state index contributed by atoms with van der Waals surface area (Å²) in [5.41, 5.74) is 2.51. The first-order valence-corrected chi connectivity index (χ1v) is 6.47. The van der Waals surface area contributed by atoms with Crippen molar-refractivity contribution in [3.05, 3.63) is 34.2 Å². The van der Waals surface area contributed by atoms with Crippen LogP contribution in [-0.4, -0.2) is 20.3 Å². The highest BCUT2D eigenvalue weighted by Gasteiger charge is 2.17. The van der Waals surface area contributed by atoms with Gasteiger partial charge in [0.25, 0.3) is 5.91 Å². The Kier molecular flexibility index (Phi) is 3.66. The maximum Gasteiger partial charge on any atom is 0.273 e. The number of carbonyl (C=O) groups excluding carboxylic acids is 1. The summed E-state index contributed by atoms with van der Waals surface area (Å²) in [7, 11) is 3.61. The van der Waals surface area contributed by atoms with Crippen LogP contribution < -0.4 is 5.32 Å². The summed E-state index contributed by atoms with van der Waals surface area (Å²) in [5.74, 6) is 0.550. The molecule has 0 spiro atoms. The molecule has 0 aliphatic rings. The minimum absolute atomic E-state index is 0.188. The van der Waals surface area contributed by atoms with Crippen LogP contribution in [0, 0.1) is 6.92 Å². The lowest BCUT2D eigenvalue weighted by Crippen LogP contribution is -2.18. The molecular weight excluding hydrogens is 264 g/mol. The number of nitrogens with zero attached hydrogens (tertiary/aromatic N) is 3. The summed E-state index contributed by atoms with van der Waals surface area (Å²) in [6.07, 6.45) is 2.52. The fourth-order valence-electron chi connectivity index (χ4n) is 2.20. The molecule has 2 rings (SSSR count). The first-order valence-electron chi connectivity index (χ1n) is 6.09. The number of anilines is 1. The average molecular weight is 281 g/mol. The smallest absolute Gasteiger partial charge is 0.273 e. The lowest BCUT2D eigenvalue weighted by Gasteiger charge is -2.08. The molecule has 5 nitrogen and oxygen atoms in total. The predicted octanol–water partition coefficient (Wildman–Crippen LogP) is 2.54. The molecule has 1 amide bonds. The van der Waals surface area contributed by atoms with Gasteiger partial charge in [0.05, 0.1) is 10.7 Å². The van der Waals surface area contributed by atoms with Crippen molar-refractivity contribution in [3.63, 3.8) is 0 Å². The number of amides is 1. The average Bonchev–Trinajstić information content (AvgIpc) is 2.79. The van der Waals surface area contributed by atoms with E-state index in [1.165, 1.54) is 0 Å². The van der Waals surface area contributed by atoms with Gasteiger partial charge < -0.3 is 9.88 Å². The number of aryl methyl sites for hydroxylation is 3. The Hall–Kier alpha value is -1.75. The monoisotopic (exact) mass is 280 g/mol. The molecule has 0 aromatic carbocycles. The highest BCUT2D eigenvalue weighted by atomic mass is 35.5. The van der Waals surface area contributed by atoms with Crippen LogP contribution >= 0.6 is 11.6 Å². The zero-order valence-corrected chi connectivity index (χ0v) is 12.2. The molecule has 0 fully saturated rings. The number of hydrogen-bond acceptors (Lipinski definition) is 2. The fourth-order valence-corrected chi connectivity index (χ4v) is 2.45. The minimum atomic E-state index is -0.188. The zero-order valence-electron chi connectivity index (χ0n) is 11.5. The van der Waals surface area contributed by atoms with E-state index in [4.69, 9.17) is 11.6 Å². The molecule has 19 heavy (non-hydrogen) atoms. The SMILES string of the molecule is CCc1c(C)nn(C)c1NC(=O)c1cc(Cl)cn1C. The van der Waals surface area contributed by atoms with Gasteiger partial charge in [-0.3, -0.25) is 9.48 Å². The summed E-state index contributed by atoms with van der Waals surface area (Å²) in [6, 6.07) is 1.64. The zero-order chi connectivity index (χ0) is 14.2. The first kappa shape index (κ1) is 13.7. The molecule has 0 atom stereocenters. The van der Waals surface area contributed by atoms with Crippen molar-refractivity contribution in [1.29, 1.82) is 0 Å². The van der Waals surface area contributed by atoms with E-state index in [2.05, 4.69) is 10.4 Å². The lowest BCUT2D eigenvalue weighted by atomic mass is 10.2. The van der Waals surface area contributed by atoms with Crippen molar-refractivity contribution in [2.75, 3.05) is 5.32 Å². The number of aromatic nitrogens is 3. The highest BCUT2D eigenvalue weighted by Crippen LogP contribution is 2.21. The Morgan fingerprint density at radius 1 is 1.47 bits per heavy atom. The standard InChI is InChI=1S/C13H17ClN4O/c1-5-10-8(2)16-18(4)12(10)15-13(19)11-6-9(14)7-17(11)3/h6-7H,5H2,1-4H3,(H,15,19). The molecule has 2 aromatic rings. The molecule has 1 N–H and O–H groups in total. The number of carbonyl (C=O) groups is 1. The van der Waals surface area contributed by atoms with Crippen LogP contribution in [0.3, 0.4) is 0 Å². The molecule has 2 aromatic heterocycles. The van der Waals surface area contributed by atoms with E-state index in [1.54, 1.807) is 28.6 Å². The number of hydrogen-bond donors (Lipinski definition) is 1. The van der Waals surface area contributed by atoms with Crippen molar-refractivity contribution in [2.24, 2.45) is 14.1 Å². The summed E-state index contributed by atoms with van der Waals surface area (Å²) >= 11 is 5.89. The van der Waals surface area contributed by atoms with E-state index in [0.29, 0.717) is 10.7 Å². The Bertz CT molecular complexity index is 627. The summed E-state index contributed by atoms with van der Waals surface area (Å²) in [4.78, 5) is 12.2. The highest BCUT2D eigenvalue weighted by molar-refractivity contribution is 6.31. The summed E-state index contributed by atoms with van der Waals surface area (Å²) in [5, 5.41) is 7.77. The van der Waals surface area contributed by atoms with Gasteiger partial charge in [0.2, 0.25) is 0 Å². The largest absolute Gasteiger partial charge is 0.345 e. The van der Waals surface area contributed by atoms with Crippen molar-refractivity contribution in [1.82, 2.24) is 14.3 Å². The second kappa shape index (κ2) is 5.09. The molecule has 0 aliphatic carbocycles. The third-order valence-corrected chi connectivity index (χ3v) is 3.34. The molecule has 0 saturated carbocycles. The number of nitrogens with one attached hydrogen (secondary N) is 1. The molecule has 102 valence electrons. The van der Waals surface area contributed by atoms with Gasteiger partial charge in [0.15, 0.2) is 0 Å². The van der Waals surface area contributed by atoms with Crippen LogP contribution in [0.2, 0.25) is 5.02 Å². The van der Waals surface area contributed by atoms with Crippen LogP contribution in [0.1, 0.15) is 28.7 Å². The van der Waals surface area contributed by atoms with Gasteiger partial charge in [-0.25, -0.2) is 0 Å². The van der Waals surface area contributed by atoms with E-state index >= 15 is 0 Å². The predicted molar refractivity (Wildman–Crippen MR) is 75.7 cm³/mol. The van der Waals surface area contributed by atoms with Crippen LogP contribution in [0.25, 0.3) is 0 Å². The van der Waals surface area contributed by atoms with Gasteiger partial charge in [-0.2, -0.15) is 5.10 Å². The Balaban J connectivity index is 2.31. The van der Waals surface area contributed by atoms with E-state index < -0.39 is 0 Å². The topological polar surface area (TPSA) is 51.9 Å². The van der Waals surface area contributed by atoms with E-state index in [0.717, 1.165) is 23.5 Å². The van der Waals surface area contributed by atoms with Gasteiger partial charge in [-0.05, 0) is 19.4 Å².